The number of nitrogens with zero attached hydrogens (tertiary/aromatic N) is 1. The van der Waals surface area contributed by atoms with Crippen LogP contribution in [0.2, 0.25) is 0 Å². The highest BCUT2D eigenvalue weighted by molar-refractivity contribution is 5.95. The summed E-state index contributed by atoms with van der Waals surface area (Å²) in [7, 11) is 0. The molecule has 1 N–H and O–H groups in total. The van der Waals surface area contributed by atoms with E-state index in [1.54, 1.807) is 6.07 Å². The van der Waals surface area contributed by atoms with Gasteiger partial charge in [0.15, 0.2) is 24.3 Å². The lowest BCUT2D eigenvalue weighted by molar-refractivity contribution is -0.155. The smallest absolute Gasteiger partial charge is 0.344 e. The van der Waals surface area contributed by atoms with Crippen molar-refractivity contribution < 1.29 is 23.5 Å². The Morgan fingerprint density at radius 1 is 1.07 bits per heavy atom. The van der Waals surface area contributed by atoms with Gasteiger partial charge in [-0.2, -0.15) is 0 Å². The number of esters is 1. The van der Waals surface area contributed by atoms with Gasteiger partial charge in [0.25, 0.3) is 5.91 Å². The fraction of sp³-hybridized carbons (Fsp3) is 0.364. The number of piperidine rings is 1. The van der Waals surface area contributed by atoms with Gasteiger partial charge in [-0.25, -0.2) is 9.18 Å². The van der Waals surface area contributed by atoms with Gasteiger partial charge in [-0.1, -0.05) is 12.1 Å². The Labute approximate surface area is 169 Å². The second kappa shape index (κ2) is 9.91. The van der Waals surface area contributed by atoms with Gasteiger partial charge < -0.3 is 19.7 Å². The van der Waals surface area contributed by atoms with Crippen molar-refractivity contribution in [3.05, 3.63) is 54.3 Å². The Balaban J connectivity index is 1.45. The van der Waals surface area contributed by atoms with Crippen LogP contribution in [0.5, 0.6) is 5.75 Å². The Bertz CT molecular complexity index is 835. The second-order valence-electron chi connectivity index (χ2n) is 6.94. The molecule has 3 rings (SSSR count). The van der Waals surface area contributed by atoms with Gasteiger partial charge in [0.2, 0.25) is 0 Å². The summed E-state index contributed by atoms with van der Waals surface area (Å²) in [5.74, 6) is -1.82. The molecule has 0 aliphatic carbocycles. The molecule has 0 radical (unpaired) electrons. The number of anilines is 2. The van der Waals surface area contributed by atoms with Crippen molar-refractivity contribution in [2.75, 3.05) is 29.9 Å². The second-order valence-corrected chi connectivity index (χ2v) is 6.94. The van der Waals surface area contributed by atoms with E-state index in [0.717, 1.165) is 18.8 Å². The summed E-state index contributed by atoms with van der Waals surface area (Å²) in [6.07, 6.45) is 2.66. The van der Waals surface area contributed by atoms with Crippen molar-refractivity contribution >= 4 is 23.3 Å². The van der Waals surface area contributed by atoms with E-state index < -0.39 is 30.4 Å². The zero-order chi connectivity index (χ0) is 20.6. The van der Waals surface area contributed by atoms with Crippen molar-refractivity contribution in [2.45, 2.75) is 32.3 Å². The maximum Gasteiger partial charge on any atom is 0.344 e. The van der Waals surface area contributed by atoms with Crippen LogP contribution in [0.4, 0.5) is 15.8 Å². The summed E-state index contributed by atoms with van der Waals surface area (Å²) in [4.78, 5) is 26.5. The summed E-state index contributed by atoms with van der Waals surface area (Å²) in [5, 5.41) is 2.72. The normalized spacial score (nSPS) is 14.8. The number of carbonyl (C=O) groups is 2. The Kier molecular flexibility index (Phi) is 7.05. The molecule has 1 heterocycles. The molecule has 0 aromatic heterocycles. The molecule has 1 aliphatic rings. The van der Waals surface area contributed by atoms with E-state index in [9.17, 15) is 14.0 Å². The first kappa shape index (κ1) is 20.6. The molecule has 0 unspecified atom stereocenters. The van der Waals surface area contributed by atoms with E-state index in [1.165, 1.54) is 44.4 Å². The number of benzene rings is 2. The van der Waals surface area contributed by atoms with Crippen molar-refractivity contribution in [3.63, 3.8) is 0 Å². The van der Waals surface area contributed by atoms with E-state index >= 15 is 0 Å². The number of hydrogen-bond acceptors (Lipinski definition) is 5. The molecule has 6 nitrogen and oxygen atoms in total. The first-order valence-corrected chi connectivity index (χ1v) is 9.75. The lowest BCUT2D eigenvalue weighted by atomic mass is 10.1. The van der Waals surface area contributed by atoms with Crippen LogP contribution >= 0.6 is 0 Å². The predicted molar refractivity (Wildman–Crippen MR) is 109 cm³/mol. The largest absolute Gasteiger partial charge is 0.479 e. The van der Waals surface area contributed by atoms with Crippen molar-refractivity contribution in [1.29, 1.82) is 0 Å². The molecule has 1 amide bonds. The minimum Gasteiger partial charge on any atom is -0.479 e. The highest BCUT2D eigenvalue weighted by Crippen LogP contribution is 2.22. The molecule has 1 atom stereocenters. The van der Waals surface area contributed by atoms with E-state index in [-0.39, 0.29) is 5.75 Å². The van der Waals surface area contributed by atoms with Crippen LogP contribution in [0, 0.1) is 5.82 Å². The summed E-state index contributed by atoms with van der Waals surface area (Å²) >= 11 is 0. The number of amides is 1. The predicted octanol–water partition coefficient (Wildman–Crippen LogP) is 3.77. The standard InChI is InChI=1S/C22H25FN2O4/c1-16(29-21(26)15-28-20-8-4-3-7-19(20)23)22(27)24-17-9-11-18(12-10-17)25-13-5-2-6-14-25/h3-4,7-12,16H,2,5-6,13-15H2,1H3,(H,24,27)/t16-/m0/s1. The maximum absolute atomic E-state index is 13.5. The number of rotatable bonds is 7. The van der Waals surface area contributed by atoms with Crippen LogP contribution in [-0.4, -0.2) is 37.7 Å². The summed E-state index contributed by atoms with van der Waals surface area (Å²) in [6.45, 7) is 3.09. The highest BCUT2D eigenvalue weighted by atomic mass is 19.1. The average Bonchev–Trinajstić information content (AvgIpc) is 2.74. The van der Waals surface area contributed by atoms with E-state index in [2.05, 4.69) is 10.2 Å². The molecule has 0 bridgehead atoms. The SMILES string of the molecule is C[C@H](OC(=O)COc1ccccc1F)C(=O)Nc1ccc(N2CCCCC2)cc1. The van der Waals surface area contributed by atoms with E-state index in [1.807, 2.05) is 24.3 Å². The molecular formula is C22H25FN2O4. The van der Waals surface area contributed by atoms with E-state index in [4.69, 9.17) is 9.47 Å². The average molecular weight is 400 g/mol. The van der Waals surface area contributed by atoms with Crippen LogP contribution < -0.4 is 15.0 Å². The third-order valence-corrected chi connectivity index (χ3v) is 4.72. The van der Waals surface area contributed by atoms with Gasteiger partial charge in [0, 0.05) is 24.5 Å². The fourth-order valence-electron chi connectivity index (χ4n) is 3.13. The molecule has 154 valence electrons. The zero-order valence-corrected chi connectivity index (χ0v) is 16.4. The quantitative estimate of drug-likeness (QED) is 0.717. The number of halogens is 1. The van der Waals surface area contributed by atoms with Gasteiger partial charge in [-0.05, 0) is 62.6 Å². The van der Waals surface area contributed by atoms with Crippen molar-refractivity contribution in [1.82, 2.24) is 0 Å². The van der Waals surface area contributed by atoms with Gasteiger partial charge in [0.1, 0.15) is 0 Å². The van der Waals surface area contributed by atoms with Gasteiger partial charge in [-0.15, -0.1) is 0 Å². The molecule has 1 fully saturated rings. The van der Waals surface area contributed by atoms with Crippen LogP contribution in [0.1, 0.15) is 26.2 Å². The summed E-state index contributed by atoms with van der Waals surface area (Å²) in [5.41, 5.74) is 1.76. The third-order valence-electron chi connectivity index (χ3n) is 4.72. The highest BCUT2D eigenvalue weighted by Gasteiger charge is 2.19. The molecule has 2 aromatic carbocycles. The molecule has 0 saturated carbocycles. The molecule has 1 aliphatic heterocycles. The summed E-state index contributed by atoms with van der Waals surface area (Å²) < 4.78 is 23.6. The lowest BCUT2D eigenvalue weighted by Gasteiger charge is -2.28. The Morgan fingerprint density at radius 2 is 1.76 bits per heavy atom. The molecule has 7 heteroatoms. The van der Waals surface area contributed by atoms with Crippen LogP contribution in [0.15, 0.2) is 48.5 Å². The van der Waals surface area contributed by atoms with Crippen molar-refractivity contribution in [2.24, 2.45) is 0 Å². The monoisotopic (exact) mass is 400 g/mol. The van der Waals surface area contributed by atoms with Crippen molar-refractivity contribution in [3.8, 4) is 5.75 Å². The minimum absolute atomic E-state index is 0.0460. The first-order chi connectivity index (χ1) is 14.0. The minimum atomic E-state index is -1.01. The van der Waals surface area contributed by atoms with E-state index in [0.29, 0.717) is 5.69 Å². The molecule has 1 saturated heterocycles. The Hall–Kier alpha value is -3.09. The molecule has 29 heavy (non-hydrogen) atoms. The molecule has 0 spiro atoms. The molecule has 2 aromatic rings. The third kappa shape index (κ3) is 5.94. The van der Waals surface area contributed by atoms with Crippen LogP contribution in [0.25, 0.3) is 0 Å². The number of ether oxygens (including phenoxy) is 2. The first-order valence-electron chi connectivity index (χ1n) is 9.75. The summed E-state index contributed by atoms with van der Waals surface area (Å²) in [6, 6.07) is 13.4. The number of carbonyl (C=O) groups excluding carboxylic acids is 2. The lowest BCUT2D eigenvalue weighted by Crippen LogP contribution is -2.32. The fourth-order valence-corrected chi connectivity index (χ4v) is 3.13. The number of hydrogen-bond donors (Lipinski definition) is 1. The number of nitrogens with one attached hydrogen (secondary N) is 1. The van der Waals surface area contributed by atoms with Gasteiger partial charge >= 0.3 is 5.97 Å². The Morgan fingerprint density at radius 3 is 2.45 bits per heavy atom. The van der Waals surface area contributed by atoms with Gasteiger partial charge in [-0.3, -0.25) is 4.79 Å². The topological polar surface area (TPSA) is 67.9 Å². The number of para-hydroxylation sites is 1. The maximum atomic E-state index is 13.5. The zero-order valence-electron chi connectivity index (χ0n) is 16.4. The van der Waals surface area contributed by atoms with Crippen LogP contribution in [0.3, 0.4) is 0 Å². The molecular weight excluding hydrogens is 375 g/mol. The van der Waals surface area contributed by atoms with Gasteiger partial charge in [0.05, 0.1) is 0 Å². The van der Waals surface area contributed by atoms with Crippen LogP contribution in [-0.2, 0) is 14.3 Å².